The van der Waals surface area contributed by atoms with Gasteiger partial charge >= 0.3 is 5.97 Å². The molecule has 0 aliphatic carbocycles. The third-order valence-corrected chi connectivity index (χ3v) is 5.75. The second-order valence-corrected chi connectivity index (χ2v) is 9.49. The van der Waals surface area contributed by atoms with E-state index in [2.05, 4.69) is 29.2 Å². The first-order chi connectivity index (χ1) is 13.3. The molecule has 1 aliphatic rings. The molecule has 0 bridgehead atoms. The van der Waals surface area contributed by atoms with Crippen molar-refractivity contribution in [3.8, 4) is 5.75 Å². The number of esters is 1. The van der Waals surface area contributed by atoms with E-state index in [1.54, 1.807) is 11.8 Å². The van der Waals surface area contributed by atoms with Crippen LogP contribution in [-0.2, 0) is 21.0 Å². The molecule has 5 heteroatoms. The van der Waals surface area contributed by atoms with Gasteiger partial charge in [-0.2, -0.15) is 0 Å². The van der Waals surface area contributed by atoms with Crippen LogP contribution in [0, 0.1) is 0 Å². The molecule has 28 heavy (non-hydrogen) atoms. The molecular weight excluding hydrogens is 370 g/mol. The maximum atomic E-state index is 11.9. The average molecular weight is 400 g/mol. The molecule has 0 spiro atoms. The lowest BCUT2D eigenvalue weighted by molar-refractivity contribution is -0.151. The van der Waals surface area contributed by atoms with Gasteiger partial charge in [-0.05, 0) is 38.5 Å². The summed E-state index contributed by atoms with van der Waals surface area (Å²) in [5, 5.41) is 0. The maximum absolute atomic E-state index is 11.9. The first kappa shape index (κ1) is 20.7. The minimum atomic E-state index is -0.695. The molecule has 150 valence electrons. The zero-order valence-corrected chi connectivity index (χ0v) is 17.9. The van der Waals surface area contributed by atoms with Crippen LogP contribution in [0.2, 0.25) is 0 Å². The van der Waals surface area contributed by atoms with Crippen LogP contribution < -0.4 is 4.74 Å². The second-order valence-electron chi connectivity index (χ2n) is 8.13. The molecule has 0 saturated carbocycles. The van der Waals surface area contributed by atoms with Crippen molar-refractivity contribution in [2.24, 2.45) is 0 Å². The number of benzene rings is 2. The van der Waals surface area contributed by atoms with E-state index in [1.165, 1.54) is 12.5 Å². The van der Waals surface area contributed by atoms with Crippen LogP contribution in [0.5, 0.6) is 5.75 Å². The third kappa shape index (κ3) is 5.52. The molecule has 1 fully saturated rings. The number of ether oxygens (including phenoxy) is 2. The van der Waals surface area contributed by atoms with Gasteiger partial charge in [-0.1, -0.05) is 42.5 Å². The summed E-state index contributed by atoms with van der Waals surface area (Å²) in [7, 11) is 0. The number of nitrogens with zero attached hydrogens (tertiary/aromatic N) is 1. The summed E-state index contributed by atoms with van der Waals surface area (Å²) in [4.78, 5) is 13.6. The topological polar surface area (TPSA) is 38.8 Å². The van der Waals surface area contributed by atoms with E-state index in [4.69, 9.17) is 9.47 Å². The summed E-state index contributed by atoms with van der Waals surface area (Å²) in [6.07, 6.45) is 0. The standard InChI is InChI=1S/C23H29NO3S/c1-18(25)26-23(20-10-12-21(13-11-20)27-22(2,3)4)17-24(14-15-28-23)16-19-8-6-5-7-9-19/h5-13H,14-17H2,1-4H3. The molecule has 0 N–H and O–H groups in total. The number of hydrogen-bond acceptors (Lipinski definition) is 5. The van der Waals surface area contributed by atoms with Crippen LogP contribution in [-0.4, -0.2) is 35.3 Å². The van der Waals surface area contributed by atoms with E-state index in [-0.39, 0.29) is 11.6 Å². The Labute approximate surface area is 172 Å². The summed E-state index contributed by atoms with van der Waals surface area (Å²) in [6.45, 7) is 10.0. The Kier molecular flexibility index (Phi) is 6.36. The van der Waals surface area contributed by atoms with Gasteiger partial charge in [-0.3, -0.25) is 9.69 Å². The van der Waals surface area contributed by atoms with Gasteiger partial charge in [0.1, 0.15) is 11.4 Å². The summed E-state index contributed by atoms with van der Waals surface area (Å²) in [5.74, 6) is 1.46. The van der Waals surface area contributed by atoms with Crippen LogP contribution in [0.4, 0.5) is 0 Å². The zero-order chi connectivity index (χ0) is 20.2. The van der Waals surface area contributed by atoms with Crippen LogP contribution in [0.3, 0.4) is 0 Å². The van der Waals surface area contributed by atoms with Crippen LogP contribution in [0.1, 0.15) is 38.8 Å². The molecule has 1 atom stereocenters. The molecule has 0 amide bonds. The van der Waals surface area contributed by atoms with Crippen molar-refractivity contribution in [2.45, 2.75) is 44.8 Å². The van der Waals surface area contributed by atoms with Crippen LogP contribution in [0.15, 0.2) is 54.6 Å². The Bertz CT molecular complexity index is 786. The lowest BCUT2D eigenvalue weighted by atomic mass is 10.1. The highest BCUT2D eigenvalue weighted by molar-refractivity contribution is 8.00. The molecular formula is C23H29NO3S. The number of thioether (sulfide) groups is 1. The number of rotatable bonds is 5. The predicted molar refractivity (Wildman–Crippen MR) is 114 cm³/mol. The molecule has 0 radical (unpaired) electrons. The monoisotopic (exact) mass is 399 g/mol. The number of carbonyl (C=O) groups is 1. The van der Waals surface area contributed by atoms with Crippen LogP contribution in [0.25, 0.3) is 0 Å². The average Bonchev–Trinajstić information content (AvgIpc) is 2.61. The van der Waals surface area contributed by atoms with Gasteiger partial charge in [0, 0.05) is 31.3 Å². The Hall–Kier alpha value is -1.98. The fraction of sp³-hybridized carbons (Fsp3) is 0.435. The fourth-order valence-electron chi connectivity index (χ4n) is 3.39. The van der Waals surface area contributed by atoms with E-state index in [1.807, 2.05) is 51.1 Å². The Morgan fingerprint density at radius 1 is 1.11 bits per heavy atom. The largest absolute Gasteiger partial charge is 0.488 e. The Balaban J connectivity index is 1.82. The van der Waals surface area contributed by atoms with Crippen LogP contribution >= 0.6 is 11.8 Å². The van der Waals surface area contributed by atoms with E-state index < -0.39 is 4.93 Å². The molecule has 2 aromatic rings. The van der Waals surface area contributed by atoms with Crippen molar-refractivity contribution < 1.29 is 14.3 Å². The molecule has 4 nitrogen and oxygen atoms in total. The molecule has 1 heterocycles. The summed E-state index contributed by atoms with van der Waals surface area (Å²) in [6, 6.07) is 18.4. The zero-order valence-electron chi connectivity index (χ0n) is 17.1. The lowest BCUT2D eigenvalue weighted by Crippen LogP contribution is -2.46. The fourth-order valence-corrected chi connectivity index (χ4v) is 4.83. The summed E-state index contributed by atoms with van der Waals surface area (Å²) < 4.78 is 11.8. The first-order valence-electron chi connectivity index (χ1n) is 9.65. The molecule has 1 unspecified atom stereocenters. The first-order valence-corrected chi connectivity index (χ1v) is 10.6. The Morgan fingerprint density at radius 3 is 2.39 bits per heavy atom. The predicted octanol–water partition coefficient (Wildman–Crippen LogP) is 4.83. The molecule has 1 saturated heterocycles. The van der Waals surface area contributed by atoms with E-state index in [9.17, 15) is 4.79 Å². The highest BCUT2D eigenvalue weighted by atomic mass is 32.2. The molecule has 3 rings (SSSR count). The molecule has 2 aromatic carbocycles. The van der Waals surface area contributed by atoms with Gasteiger partial charge in [-0.15, -0.1) is 11.8 Å². The van der Waals surface area contributed by atoms with E-state index in [0.29, 0.717) is 6.54 Å². The second kappa shape index (κ2) is 8.58. The molecule has 0 aromatic heterocycles. The normalized spacial score (nSPS) is 20.6. The maximum Gasteiger partial charge on any atom is 0.304 e. The van der Waals surface area contributed by atoms with Gasteiger partial charge in [0.25, 0.3) is 0 Å². The van der Waals surface area contributed by atoms with Gasteiger partial charge in [-0.25, -0.2) is 0 Å². The summed E-state index contributed by atoms with van der Waals surface area (Å²) in [5.41, 5.74) is 2.01. The van der Waals surface area contributed by atoms with Gasteiger partial charge in [0.15, 0.2) is 4.93 Å². The van der Waals surface area contributed by atoms with Gasteiger partial charge < -0.3 is 9.47 Å². The smallest absolute Gasteiger partial charge is 0.304 e. The van der Waals surface area contributed by atoms with Gasteiger partial charge in [0.05, 0.1) is 6.54 Å². The van der Waals surface area contributed by atoms with Crippen molar-refractivity contribution in [1.82, 2.24) is 4.90 Å². The highest BCUT2D eigenvalue weighted by Crippen LogP contribution is 2.42. The lowest BCUT2D eigenvalue weighted by Gasteiger charge is -2.41. The highest BCUT2D eigenvalue weighted by Gasteiger charge is 2.41. The van der Waals surface area contributed by atoms with Crippen molar-refractivity contribution in [3.05, 3.63) is 65.7 Å². The van der Waals surface area contributed by atoms with E-state index >= 15 is 0 Å². The van der Waals surface area contributed by atoms with Crippen molar-refractivity contribution in [1.29, 1.82) is 0 Å². The SMILES string of the molecule is CC(=O)OC1(c2ccc(OC(C)(C)C)cc2)CN(Cc2ccccc2)CCS1. The Morgan fingerprint density at radius 2 is 1.79 bits per heavy atom. The van der Waals surface area contributed by atoms with Crippen molar-refractivity contribution in [2.75, 3.05) is 18.8 Å². The van der Waals surface area contributed by atoms with E-state index in [0.717, 1.165) is 30.2 Å². The minimum absolute atomic E-state index is 0.249. The molecule has 1 aliphatic heterocycles. The third-order valence-electron chi connectivity index (χ3n) is 4.45. The minimum Gasteiger partial charge on any atom is -0.488 e. The van der Waals surface area contributed by atoms with Crippen molar-refractivity contribution in [3.63, 3.8) is 0 Å². The summed E-state index contributed by atoms with van der Waals surface area (Å²) >= 11 is 1.70. The van der Waals surface area contributed by atoms with Gasteiger partial charge in [0.2, 0.25) is 0 Å². The number of hydrogen-bond donors (Lipinski definition) is 0. The quantitative estimate of drug-likeness (QED) is 0.674. The van der Waals surface area contributed by atoms with Crippen molar-refractivity contribution >= 4 is 17.7 Å². The number of carbonyl (C=O) groups excluding carboxylic acids is 1.